The van der Waals surface area contributed by atoms with Crippen LogP contribution in [0.2, 0.25) is 0 Å². The van der Waals surface area contributed by atoms with Crippen molar-refractivity contribution in [3.63, 3.8) is 0 Å². The van der Waals surface area contributed by atoms with E-state index in [0.717, 1.165) is 0 Å². The van der Waals surface area contributed by atoms with Gasteiger partial charge in [0, 0.05) is 5.88 Å². The molecule has 0 aliphatic carbocycles. The molecule has 14 heteroatoms. The number of alkyl halides is 4. The second-order valence-corrected chi connectivity index (χ2v) is 8.95. The average molecular weight is 544 g/mol. The van der Waals surface area contributed by atoms with Crippen molar-refractivity contribution in [3.05, 3.63) is 18.1 Å². The van der Waals surface area contributed by atoms with E-state index < -0.39 is 42.0 Å². The van der Waals surface area contributed by atoms with Gasteiger partial charge in [-0.2, -0.15) is 13.2 Å². The summed E-state index contributed by atoms with van der Waals surface area (Å²) in [6.45, 7) is 7.03. The number of nitrogens with zero attached hydrogens (tertiary/aromatic N) is 2. The zero-order valence-corrected chi connectivity index (χ0v) is 21.1. The van der Waals surface area contributed by atoms with Crippen LogP contribution in [-0.2, 0) is 39.3 Å². The Balaban J connectivity index is 1.39. The summed E-state index contributed by atoms with van der Waals surface area (Å²) >= 11 is 5.51. The van der Waals surface area contributed by atoms with E-state index in [4.69, 9.17) is 44.8 Å². The molecule has 0 unspecified atom stereocenters. The van der Waals surface area contributed by atoms with Crippen molar-refractivity contribution in [1.82, 2.24) is 9.97 Å². The Kier molecular flexibility index (Phi) is 11.4. The smallest absolute Gasteiger partial charge is 0.378 e. The second kappa shape index (κ2) is 14.0. The van der Waals surface area contributed by atoms with E-state index in [-0.39, 0.29) is 19.0 Å². The van der Waals surface area contributed by atoms with Crippen LogP contribution in [0.5, 0.6) is 0 Å². The SMILES string of the molecule is CC1(C)O[C@@H]2[C@H](O1)[C@@H](Nc1cncc(C(F)(F)F)n1)CO[C@@H]2COCCOCCOCCOCCCl. The maximum atomic E-state index is 13.0. The van der Waals surface area contributed by atoms with Crippen LogP contribution in [0.1, 0.15) is 19.5 Å². The van der Waals surface area contributed by atoms with Crippen molar-refractivity contribution >= 4 is 17.4 Å². The fourth-order valence-electron chi connectivity index (χ4n) is 3.78. The largest absolute Gasteiger partial charge is 0.434 e. The van der Waals surface area contributed by atoms with Gasteiger partial charge in [-0.05, 0) is 13.8 Å². The highest BCUT2D eigenvalue weighted by atomic mass is 35.5. The molecule has 2 aliphatic rings. The highest BCUT2D eigenvalue weighted by Crippen LogP contribution is 2.36. The number of nitrogens with one attached hydrogen (secondary N) is 1. The second-order valence-electron chi connectivity index (χ2n) is 8.58. The minimum atomic E-state index is -4.59. The summed E-state index contributed by atoms with van der Waals surface area (Å²) in [4.78, 5) is 7.25. The monoisotopic (exact) mass is 543 g/mol. The van der Waals surface area contributed by atoms with Crippen molar-refractivity contribution in [1.29, 1.82) is 0 Å². The number of rotatable bonds is 15. The molecule has 3 rings (SSSR count). The topological polar surface area (TPSA) is 102 Å². The normalized spacial score (nSPS) is 25.6. The predicted octanol–water partition coefficient (Wildman–Crippen LogP) is 2.50. The molecule has 0 amide bonds. The Labute approximate surface area is 213 Å². The van der Waals surface area contributed by atoms with Crippen LogP contribution >= 0.6 is 11.6 Å². The summed E-state index contributed by atoms with van der Waals surface area (Å²) in [6.07, 6.45) is -4.09. The third-order valence-corrected chi connectivity index (χ3v) is 5.45. The van der Waals surface area contributed by atoms with Crippen LogP contribution in [0.3, 0.4) is 0 Å². The van der Waals surface area contributed by atoms with Gasteiger partial charge in [0.05, 0.1) is 77.9 Å². The molecule has 0 spiro atoms. The van der Waals surface area contributed by atoms with Gasteiger partial charge in [0.1, 0.15) is 24.1 Å². The molecule has 4 atom stereocenters. The van der Waals surface area contributed by atoms with Crippen LogP contribution in [0.25, 0.3) is 0 Å². The van der Waals surface area contributed by atoms with Crippen LogP contribution < -0.4 is 5.32 Å². The van der Waals surface area contributed by atoms with Crippen molar-refractivity contribution in [3.8, 4) is 0 Å². The average Bonchev–Trinajstić information content (AvgIpc) is 3.16. The molecule has 10 nitrogen and oxygen atoms in total. The zero-order chi connectivity index (χ0) is 26.0. The van der Waals surface area contributed by atoms with E-state index in [1.54, 1.807) is 13.8 Å². The van der Waals surface area contributed by atoms with E-state index >= 15 is 0 Å². The third kappa shape index (κ3) is 9.21. The van der Waals surface area contributed by atoms with Crippen molar-refractivity contribution in [2.75, 3.05) is 70.7 Å². The Morgan fingerprint density at radius 2 is 1.58 bits per heavy atom. The fourth-order valence-corrected chi connectivity index (χ4v) is 3.88. The quantitative estimate of drug-likeness (QED) is 0.262. The van der Waals surface area contributed by atoms with E-state index in [1.165, 1.54) is 6.20 Å². The van der Waals surface area contributed by atoms with Gasteiger partial charge >= 0.3 is 6.18 Å². The highest BCUT2D eigenvalue weighted by molar-refractivity contribution is 6.17. The first-order valence-electron chi connectivity index (χ1n) is 11.7. The first-order chi connectivity index (χ1) is 17.2. The van der Waals surface area contributed by atoms with Gasteiger partial charge in [-0.3, -0.25) is 4.98 Å². The van der Waals surface area contributed by atoms with Gasteiger partial charge in [-0.15, -0.1) is 11.6 Å². The number of fused-ring (bicyclic) bond motifs is 1. The van der Waals surface area contributed by atoms with Gasteiger partial charge in [-0.25, -0.2) is 4.98 Å². The highest BCUT2D eigenvalue weighted by Gasteiger charge is 2.52. The van der Waals surface area contributed by atoms with Crippen molar-refractivity contribution in [2.24, 2.45) is 0 Å². The molecule has 206 valence electrons. The summed E-state index contributed by atoms with van der Waals surface area (Å²) in [5.74, 6) is -0.456. The molecule has 1 aromatic heterocycles. The summed E-state index contributed by atoms with van der Waals surface area (Å²) in [7, 11) is 0. The molecular formula is C22H33ClF3N3O7. The molecule has 2 aliphatic heterocycles. The Hall–Kier alpha value is -1.32. The van der Waals surface area contributed by atoms with E-state index in [0.29, 0.717) is 58.3 Å². The molecule has 2 fully saturated rings. The molecule has 0 bridgehead atoms. The number of anilines is 1. The number of ether oxygens (including phenoxy) is 7. The van der Waals surface area contributed by atoms with Crippen molar-refractivity contribution < 1.29 is 46.3 Å². The van der Waals surface area contributed by atoms with E-state index in [9.17, 15) is 13.2 Å². The molecule has 1 aromatic rings. The molecule has 1 N–H and O–H groups in total. The lowest BCUT2D eigenvalue weighted by Gasteiger charge is -2.37. The van der Waals surface area contributed by atoms with Crippen LogP contribution in [-0.4, -0.2) is 105 Å². The van der Waals surface area contributed by atoms with Crippen LogP contribution in [0.15, 0.2) is 12.4 Å². The fraction of sp³-hybridized carbons (Fsp3) is 0.818. The van der Waals surface area contributed by atoms with Gasteiger partial charge in [-0.1, -0.05) is 0 Å². The minimum absolute atomic E-state index is 0.0240. The summed E-state index contributed by atoms with van der Waals surface area (Å²) in [6, 6.07) is -0.491. The lowest BCUT2D eigenvalue weighted by atomic mass is 9.98. The minimum Gasteiger partial charge on any atom is -0.378 e. The third-order valence-electron chi connectivity index (χ3n) is 5.29. The molecule has 3 heterocycles. The molecule has 0 saturated carbocycles. The van der Waals surface area contributed by atoms with Gasteiger partial charge < -0.3 is 38.5 Å². The van der Waals surface area contributed by atoms with E-state index in [2.05, 4.69) is 15.3 Å². The summed E-state index contributed by atoms with van der Waals surface area (Å²) in [5.41, 5.74) is -1.08. The molecular weight excluding hydrogens is 511 g/mol. The molecule has 36 heavy (non-hydrogen) atoms. The van der Waals surface area contributed by atoms with Crippen molar-refractivity contribution in [2.45, 2.75) is 50.2 Å². The van der Waals surface area contributed by atoms with Crippen LogP contribution in [0, 0.1) is 0 Å². The first kappa shape index (κ1) is 29.2. The first-order valence-corrected chi connectivity index (χ1v) is 12.2. The number of aromatic nitrogens is 2. The Morgan fingerprint density at radius 1 is 0.972 bits per heavy atom. The Bertz CT molecular complexity index is 793. The Morgan fingerprint density at radius 3 is 2.22 bits per heavy atom. The summed E-state index contributed by atoms with van der Waals surface area (Å²) < 4.78 is 78.7. The number of hydrogen-bond donors (Lipinski definition) is 1. The number of halogens is 4. The number of hydrogen-bond acceptors (Lipinski definition) is 10. The molecule has 0 aromatic carbocycles. The summed E-state index contributed by atoms with van der Waals surface area (Å²) in [5, 5.41) is 2.95. The van der Waals surface area contributed by atoms with Gasteiger partial charge in [0.25, 0.3) is 0 Å². The lowest BCUT2D eigenvalue weighted by molar-refractivity contribution is -0.160. The molecule has 2 saturated heterocycles. The van der Waals surface area contributed by atoms with Crippen LogP contribution in [0.4, 0.5) is 19.0 Å². The maximum Gasteiger partial charge on any atom is 0.434 e. The van der Waals surface area contributed by atoms with Gasteiger partial charge in [0.15, 0.2) is 11.5 Å². The van der Waals surface area contributed by atoms with E-state index in [1.807, 2.05) is 0 Å². The molecule has 0 radical (unpaired) electrons. The lowest BCUT2D eigenvalue weighted by Crippen LogP contribution is -2.55. The standard InChI is InChI=1S/C22H33ClF3N3O7/c1-21(2)35-19-15(28-18-12-27-11-17(29-18)22(24,25)26)13-34-16(20(19)36-21)14-33-10-9-32-8-7-31-6-5-30-4-3-23/h11-12,15-16,19-20H,3-10,13-14H2,1-2H3,(H,28,29)/t15-,16+,19+,20-/m0/s1. The van der Waals surface area contributed by atoms with Gasteiger partial charge in [0.2, 0.25) is 0 Å². The zero-order valence-electron chi connectivity index (χ0n) is 20.3. The maximum absolute atomic E-state index is 13.0. The predicted molar refractivity (Wildman–Crippen MR) is 122 cm³/mol.